The Kier molecular flexibility index (Phi) is 5.07. The second-order valence-electron chi connectivity index (χ2n) is 7.82. The summed E-state index contributed by atoms with van der Waals surface area (Å²) in [6.45, 7) is 6.50. The highest BCUT2D eigenvalue weighted by atomic mass is 16.3. The molecular formula is C24H25N3O2. The summed E-state index contributed by atoms with van der Waals surface area (Å²) in [5, 5.41) is 15.1. The van der Waals surface area contributed by atoms with Gasteiger partial charge in [-0.05, 0) is 30.0 Å². The van der Waals surface area contributed by atoms with Crippen molar-refractivity contribution < 1.29 is 5.11 Å². The van der Waals surface area contributed by atoms with Crippen molar-refractivity contribution in [2.45, 2.75) is 39.3 Å². The third-order valence-electron chi connectivity index (χ3n) is 5.31. The molecule has 0 radical (unpaired) electrons. The van der Waals surface area contributed by atoms with E-state index in [0.717, 1.165) is 16.8 Å². The van der Waals surface area contributed by atoms with E-state index in [9.17, 15) is 9.90 Å². The lowest BCUT2D eigenvalue weighted by Crippen LogP contribution is -2.24. The number of hydrogen-bond acceptors (Lipinski definition) is 3. The molecule has 0 aliphatic carbocycles. The Morgan fingerprint density at radius 3 is 2.28 bits per heavy atom. The molecule has 148 valence electrons. The smallest absolute Gasteiger partial charge is 0.276 e. The van der Waals surface area contributed by atoms with Gasteiger partial charge in [0.2, 0.25) is 0 Å². The molecule has 0 spiro atoms. The van der Waals surface area contributed by atoms with Gasteiger partial charge < -0.3 is 9.67 Å². The van der Waals surface area contributed by atoms with Crippen molar-refractivity contribution >= 4 is 5.52 Å². The van der Waals surface area contributed by atoms with Crippen LogP contribution in [0.25, 0.3) is 16.8 Å². The van der Waals surface area contributed by atoms with Gasteiger partial charge >= 0.3 is 0 Å². The van der Waals surface area contributed by atoms with Gasteiger partial charge in [0, 0.05) is 18.0 Å². The van der Waals surface area contributed by atoms with Gasteiger partial charge in [-0.2, -0.15) is 5.10 Å². The molecule has 4 aromatic rings. The second kappa shape index (κ2) is 7.68. The Morgan fingerprint density at radius 1 is 0.966 bits per heavy atom. The topological polar surface area (TPSA) is 59.5 Å². The molecule has 5 heteroatoms. The Hall–Kier alpha value is -3.18. The second-order valence-corrected chi connectivity index (χ2v) is 7.82. The van der Waals surface area contributed by atoms with Gasteiger partial charge in [0.25, 0.3) is 5.56 Å². The molecule has 2 aromatic carbocycles. The Balaban J connectivity index is 1.61. The standard InChI is InChI=1S/C24H25N3O2/c1-16(2)18-8-10-20(11-9-18)23(28)15-26-12-13-27-22(24(26)29)14-21(25-27)19-6-4-17(3)5-7-19/h4-14,16,23,28H,15H2,1-3H3/t23-/m0/s1. The van der Waals surface area contributed by atoms with Gasteiger partial charge in [0.05, 0.1) is 18.3 Å². The van der Waals surface area contributed by atoms with Crippen molar-refractivity contribution in [1.29, 1.82) is 0 Å². The minimum absolute atomic E-state index is 0.170. The SMILES string of the molecule is Cc1ccc(-c2cc3c(=O)n(C[C@H](O)c4ccc(C(C)C)cc4)ccn3n2)cc1. The molecule has 4 rings (SSSR count). The molecule has 0 bridgehead atoms. The molecule has 0 aliphatic heterocycles. The highest BCUT2D eigenvalue weighted by molar-refractivity contribution is 5.65. The first-order valence-electron chi connectivity index (χ1n) is 9.86. The summed E-state index contributed by atoms with van der Waals surface area (Å²) in [4.78, 5) is 12.9. The predicted molar refractivity (Wildman–Crippen MR) is 115 cm³/mol. The molecule has 1 N–H and O–H groups in total. The third-order valence-corrected chi connectivity index (χ3v) is 5.31. The van der Waals surface area contributed by atoms with Crippen molar-refractivity contribution in [2.24, 2.45) is 0 Å². The highest BCUT2D eigenvalue weighted by Crippen LogP contribution is 2.21. The van der Waals surface area contributed by atoms with E-state index < -0.39 is 6.10 Å². The first-order chi connectivity index (χ1) is 13.9. The van der Waals surface area contributed by atoms with Crippen LogP contribution in [0, 0.1) is 6.92 Å². The first-order valence-corrected chi connectivity index (χ1v) is 9.86. The van der Waals surface area contributed by atoms with Crippen LogP contribution in [0.4, 0.5) is 0 Å². The normalized spacial score (nSPS) is 12.6. The summed E-state index contributed by atoms with van der Waals surface area (Å²) < 4.78 is 3.13. The molecule has 0 unspecified atom stereocenters. The lowest BCUT2D eigenvalue weighted by atomic mass is 10.00. The maximum atomic E-state index is 12.9. The maximum absolute atomic E-state index is 12.9. The van der Waals surface area contributed by atoms with E-state index in [0.29, 0.717) is 11.4 Å². The van der Waals surface area contributed by atoms with Crippen molar-refractivity contribution in [3.8, 4) is 11.3 Å². The summed E-state index contributed by atoms with van der Waals surface area (Å²) in [6, 6.07) is 17.8. The van der Waals surface area contributed by atoms with Gasteiger partial charge in [-0.15, -0.1) is 0 Å². The van der Waals surface area contributed by atoms with Crippen molar-refractivity contribution in [3.63, 3.8) is 0 Å². The Morgan fingerprint density at radius 2 is 1.62 bits per heavy atom. The van der Waals surface area contributed by atoms with Crippen molar-refractivity contribution in [2.75, 3.05) is 0 Å². The minimum Gasteiger partial charge on any atom is -0.387 e. The first kappa shape index (κ1) is 19.2. The molecule has 0 aliphatic rings. The number of fused-ring (bicyclic) bond motifs is 1. The van der Waals surface area contributed by atoms with Crippen LogP contribution in [-0.2, 0) is 6.54 Å². The summed E-state index contributed by atoms with van der Waals surface area (Å²) in [7, 11) is 0. The lowest BCUT2D eigenvalue weighted by molar-refractivity contribution is 0.155. The summed E-state index contributed by atoms with van der Waals surface area (Å²) in [6.07, 6.45) is 2.67. The van der Waals surface area contributed by atoms with Crippen LogP contribution in [0.15, 0.2) is 71.8 Å². The molecule has 1 atom stereocenters. The number of rotatable bonds is 5. The van der Waals surface area contributed by atoms with Gasteiger partial charge in [0.1, 0.15) is 5.52 Å². The van der Waals surface area contributed by atoms with Crippen LogP contribution in [0.2, 0.25) is 0 Å². The van der Waals surface area contributed by atoms with E-state index in [2.05, 4.69) is 18.9 Å². The van der Waals surface area contributed by atoms with Crippen LogP contribution < -0.4 is 5.56 Å². The fourth-order valence-electron chi connectivity index (χ4n) is 3.43. The fraction of sp³-hybridized carbons (Fsp3) is 0.250. The highest BCUT2D eigenvalue weighted by Gasteiger charge is 2.13. The molecule has 29 heavy (non-hydrogen) atoms. The largest absolute Gasteiger partial charge is 0.387 e. The Bertz CT molecular complexity index is 1190. The van der Waals surface area contributed by atoms with E-state index in [1.807, 2.05) is 55.5 Å². The molecule has 0 saturated heterocycles. The molecule has 2 aromatic heterocycles. The van der Waals surface area contributed by atoms with Crippen molar-refractivity contribution in [1.82, 2.24) is 14.2 Å². The van der Waals surface area contributed by atoms with Gasteiger partial charge in [-0.1, -0.05) is 67.9 Å². The lowest BCUT2D eigenvalue weighted by Gasteiger charge is -2.14. The molecule has 0 saturated carbocycles. The zero-order valence-corrected chi connectivity index (χ0v) is 16.9. The number of aryl methyl sites for hydroxylation is 1. The number of aliphatic hydroxyl groups is 1. The van der Waals surface area contributed by atoms with Gasteiger partial charge in [-0.3, -0.25) is 4.79 Å². The predicted octanol–water partition coefficient (Wildman–Crippen LogP) is 4.33. The van der Waals surface area contributed by atoms with Crippen LogP contribution in [0.5, 0.6) is 0 Å². The zero-order valence-electron chi connectivity index (χ0n) is 16.9. The molecule has 2 heterocycles. The maximum Gasteiger partial charge on any atom is 0.276 e. The summed E-state index contributed by atoms with van der Waals surface area (Å²) >= 11 is 0. The van der Waals surface area contributed by atoms with Crippen molar-refractivity contribution in [3.05, 3.63) is 94.0 Å². The van der Waals surface area contributed by atoms with Crippen LogP contribution in [-0.4, -0.2) is 19.3 Å². The van der Waals surface area contributed by atoms with E-state index in [-0.39, 0.29) is 12.1 Å². The number of hydrogen-bond donors (Lipinski definition) is 1. The molecular weight excluding hydrogens is 362 g/mol. The van der Waals surface area contributed by atoms with Crippen LogP contribution >= 0.6 is 0 Å². The number of nitrogens with zero attached hydrogens (tertiary/aromatic N) is 3. The fourth-order valence-corrected chi connectivity index (χ4v) is 3.43. The number of benzene rings is 2. The Labute approximate surface area is 169 Å². The third kappa shape index (κ3) is 3.87. The molecule has 0 amide bonds. The number of aromatic nitrogens is 3. The quantitative estimate of drug-likeness (QED) is 0.554. The van der Waals surface area contributed by atoms with Gasteiger partial charge in [0.15, 0.2) is 0 Å². The molecule has 5 nitrogen and oxygen atoms in total. The zero-order chi connectivity index (χ0) is 20.5. The minimum atomic E-state index is -0.754. The molecule has 0 fully saturated rings. The van der Waals surface area contributed by atoms with E-state index in [4.69, 9.17) is 0 Å². The van der Waals surface area contributed by atoms with Crippen LogP contribution in [0.1, 0.15) is 42.6 Å². The summed E-state index contributed by atoms with van der Waals surface area (Å²) in [5.74, 6) is 0.441. The monoisotopic (exact) mass is 387 g/mol. The van der Waals surface area contributed by atoms with E-state index >= 15 is 0 Å². The average Bonchev–Trinajstić information content (AvgIpc) is 3.16. The number of aliphatic hydroxyl groups excluding tert-OH is 1. The summed E-state index contributed by atoms with van der Waals surface area (Å²) in [5.41, 5.74) is 5.24. The van der Waals surface area contributed by atoms with Gasteiger partial charge in [-0.25, -0.2) is 4.52 Å². The van der Waals surface area contributed by atoms with E-state index in [1.54, 1.807) is 23.0 Å². The average molecular weight is 387 g/mol. The van der Waals surface area contributed by atoms with E-state index in [1.165, 1.54) is 15.7 Å². The van der Waals surface area contributed by atoms with Crippen LogP contribution in [0.3, 0.4) is 0 Å².